The molecule has 1 aromatic carbocycles. The van der Waals surface area contributed by atoms with Crippen LogP contribution in [0.25, 0.3) is 0 Å². The zero-order valence-electron chi connectivity index (χ0n) is 13.9. The lowest BCUT2D eigenvalue weighted by atomic mass is 10.2. The highest BCUT2D eigenvalue weighted by Crippen LogP contribution is 2.20. The van der Waals surface area contributed by atoms with Gasteiger partial charge in [-0.25, -0.2) is 8.42 Å². The number of halogens is 1. The molecule has 5 nitrogen and oxygen atoms in total. The van der Waals surface area contributed by atoms with Crippen LogP contribution >= 0.6 is 11.6 Å². The lowest BCUT2D eigenvalue weighted by Gasteiger charge is -2.20. The van der Waals surface area contributed by atoms with Crippen LogP contribution in [-0.2, 0) is 16.6 Å². The summed E-state index contributed by atoms with van der Waals surface area (Å²) in [6.45, 7) is 1.36. The summed E-state index contributed by atoms with van der Waals surface area (Å²) < 4.78 is 28.7. The Kier molecular flexibility index (Phi) is 5.61. The van der Waals surface area contributed by atoms with Crippen LogP contribution in [-0.4, -0.2) is 30.4 Å². The van der Waals surface area contributed by atoms with E-state index in [1.165, 1.54) is 27.2 Å². The summed E-state index contributed by atoms with van der Waals surface area (Å²) in [6.07, 6.45) is 5.30. The quantitative estimate of drug-likeness (QED) is 0.818. The van der Waals surface area contributed by atoms with Crippen molar-refractivity contribution in [2.45, 2.75) is 37.1 Å². The molecule has 3 rings (SSSR count). The monoisotopic (exact) mass is 380 g/mol. The number of rotatable bonds is 4. The summed E-state index contributed by atoms with van der Waals surface area (Å²) in [5.41, 5.74) is 0.605. The molecule has 0 atom stereocenters. The van der Waals surface area contributed by atoms with Gasteiger partial charge in [-0.2, -0.15) is 4.31 Å². The van der Waals surface area contributed by atoms with Crippen LogP contribution in [0.2, 0.25) is 5.02 Å². The van der Waals surface area contributed by atoms with Crippen molar-refractivity contribution in [1.82, 2.24) is 8.87 Å². The van der Waals surface area contributed by atoms with Gasteiger partial charge < -0.3 is 4.57 Å². The molecule has 0 bridgehead atoms. The SMILES string of the molecule is O=c1ccc(S(=O)(=O)N2CCCCCC2)cn1Cc1cccc(Cl)c1. The second-order valence-electron chi connectivity index (χ2n) is 6.28. The van der Waals surface area contributed by atoms with E-state index in [1.807, 2.05) is 6.07 Å². The van der Waals surface area contributed by atoms with Gasteiger partial charge in [0.15, 0.2) is 0 Å². The molecule has 7 heteroatoms. The molecule has 2 aromatic rings. The molecule has 0 N–H and O–H groups in total. The van der Waals surface area contributed by atoms with E-state index in [0.29, 0.717) is 18.1 Å². The predicted molar refractivity (Wildman–Crippen MR) is 98.5 cm³/mol. The normalized spacial score (nSPS) is 16.5. The maximum Gasteiger partial charge on any atom is 0.250 e. The largest absolute Gasteiger partial charge is 0.310 e. The molecule has 2 heterocycles. The van der Waals surface area contributed by atoms with Gasteiger partial charge >= 0.3 is 0 Å². The number of benzene rings is 1. The van der Waals surface area contributed by atoms with Crippen molar-refractivity contribution in [3.05, 3.63) is 63.5 Å². The van der Waals surface area contributed by atoms with Crippen molar-refractivity contribution in [2.24, 2.45) is 0 Å². The lowest BCUT2D eigenvalue weighted by molar-refractivity contribution is 0.423. The number of pyridine rings is 1. The predicted octanol–water partition coefficient (Wildman–Crippen LogP) is 3.11. The van der Waals surface area contributed by atoms with Crippen molar-refractivity contribution in [2.75, 3.05) is 13.1 Å². The summed E-state index contributed by atoms with van der Waals surface area (Å²) in [5.74, 6) is 0. The molecule has 25 heavy (non-hydrogen) atoms. The fourth-order valence-electron chi connectivity index (χ4n) is 3.05. The van der Waals surface area contributed by atoms with Gasteiger partial charge in [0.25, 0.3) is 5.56 Å². The van der Waals surface area contributed by atoms with E-state index in [9.17, 15) is 13.2 Å². The van der Waals surface area contributed by atoms with Gasteiger partial charge in [0.05, 0.1) is 11.4 Å². The molecule has 0 spiro atoms. The Morgan fingerprint density at radius 1 is 1.00 bits per heavy atom. The minimum absolute atomic E-state index is 0.163. The number of hydrogen-bond donors (Lipinski definition) is 0. The van der Waals surface area contributed by atoms with Gasteiger partial charge in [-0.3, -0.25) is 4.79 Å². The van der Waals surface area contributed by atoms with Crippen LogP contribution < -0.4 is 5.56 Å². The van der Waals surface area contributed by atoms with Gasteiger partial charge in [-0.15, -0.1) is 0 Å². The fourth-order valence-corrected chi connectivity index (χ4v) is 4.80. The molecule has 0 unspecified atom stereocenters. The zero-order valence-corrected chi connectivity index (χ0v) is 15.5. The maximum atomic E-state index is 12.9. The number of hydrogen-bond acceptors (Lipinski definition) is 3. The molecule has 1 saturated heterocycles. The Morgan fingerprint density at radius 2 is 1.72 bits per heavy atom. The number of aromatic nitrogens is 1. The molecule has 0 amide bonds. The van der Waals surface area contributed by atoms with Gasteiger partial charge in [0.1, 0.15) is 0 Å². The van der Waals surface area contributed by atoms with Crippen molar-refractivity contribution in [3.8, 4) is 0 Å². The molecule has 134 valence electrons. The molecule has 0 saturated carbocycles. The third-order valence-electron chi connectivity index (χ3n) is 4.40. The van der Waals surface area contributed by atoms with Gasteiger partial charge in [-0.1, -0.05) is 36.6 Å². The molecule has 1 aliphatic rings. The molecular formula is C18H21ClN2O3S. The van der Waals surface area contributed by atoms with Crippen molar-refractivity contribution in [1.29, 1.82) is 0 Å². The summed E-state index contributed by atoms with van der Waals surface area (Å²) >= 11 is 5.98. The fraction of sp³-hybridized carbons (Fsp3) is 0.389. The van der Waals surface area contributed by atoms with Crippen LogP contribution in [0.3, 0.4) is 0 Å². The summed E-state index contributed by atoms with van der Waals surface area (Å²) in [4.78, 5) is 12.3. The molecule has 1 fully saturated rings. The summed E-state index contributed by atoms with van der Waals surface area (Å²) in [5, 5.41) is 0.582. The van der Waals surface area contributed by atoms with Gasteiger partial charge in [0.2, 0.25) is 10.0 Å². The average Bonchev–Trinajstić information content (AvgIpc) is 2.86. The first-order valence-corrected chi connectivity index (χ1v) is 10.2. The standard InChI is InChI=1S/C18H21ClN2O3S/c19-16-7-5-6-15(12-16)13-20-14-17(8-9-18(20)22)25(23,24)21-10-3-1-2-4-11-21/h5-9,12,14H,1-4,10-11,13H2. The maximum absolute atomic E-state index is 12.9. The van der Waals surface area contributed by atoms with Gasteiger partial charge in [-0.05, 0) is 36.6 Å². The van der Waals surface area contributed by atoms with Crippen molar-refractivity contribution < 1.29 is 8.42 Å². The number of nitrogens with zero attached hydrogens (tertiary/aromatic N) is 2. The first-order chi connectivity index (χ1) is 12.0. The van der Waals surface area contributed by atoms with Crippen LogP contribution in [0.5, 0.6) is 0 Å². The van der Waals surface area contributed by atoms with Crippen LogP contribution in [0.15, 0.2) is 52.3 Å². The second kappa shape index (κ2) is 7.72. The Balaban J connectivity index is 1.91. The van der Waals surface area contributed by atoms with E-state index in [1.54, 1.807) is 18.2 Å². The van der Waals surface area contributed by atoms with E-state index in [4.69, 9.17) is 11.6 Å². The Morgan fingerprint density at radius 3 is 2.40 bits per heavy atom. The third-order valence-corrected chi connectivity index (χ3v) is 6.52. The number of sulfonamides is 1. The van der Waals surface area contributed by atoms with Crippen LogP contribution in [0, 0.1) is 0 Å². The highest BCUT2D eigenvalue weighted by molar-refractivity contribution is 7.89. The molecular weight excluding hydrogens is 360 g/mol. The van der Waals surface area contributed by atoms with E-state index in [2.05, 4.69) is 0 Å². The van der Waals surface area contributed by atoms with Crippen LogP contribution in [0.1, 0.15) is 31.2 Å². The van der Waals surface area contributed by atoms with E-state index in [0.717, 1.165) is 31.2 Å². The molecule has 1 aromatic heterocycles. The highest BCUT2D eigenvalue weighted by Gasteiger charge is 2.25. The Bertz CT molecular complexity index is 901. The van der Waals surface area contributed by atoms with Crippen molar-refractivity contribution >= 4 is 21.6 Å². The zero-order chi connectivity index (χ0) is 17.9. The smallest absolute Gasteiger partial charge is 0.250 e. The average molecular weight is 381 g/mol. The Hall–Kier alpha value is -1.63. The molecule has 0 radical (unpaired) electrons. The third kappa shape index (κ3) is 4.32. The Labute approximate surface area is 152 Å². The summed E-state index contributed by atoms with van der Waals surface area (Å²) in [7, 11) is -3.58. The lowest BCUT2D eigenvalue weighted by Crippen LogP contribution is -2.33. The van der Waals surface area contributed by atoms with Gasteiger partial charge in [0, 0.05) is 30.4 Å². The molecule has 1 aliphatic heterocycles. The van der Waals surface area contributed by atoms with Crippen LogP contribution in [0.4, 0.5) is 0 Å². The summed E-state index contributed by atoms with van der Waals surface area (Å²) in [6, 6.07) is 9.90. The first kappa shape index (κ1) is 18.2. The molecule has 0 aliphatic carbocycles. The first-order valence-electron chi connectivity index (χ1n) is 8.42. The van der Waals surface area contributed by atoms with E-state index >= 15 is 0 Å². The highest BCUT2D eigenvalue weighted by atomic mass is 35.5. The minimum Gasteiger partial charge on any atom is -0.310 e. The van der Waals surface area contributed by atoms with Crippen molar-refractivity contribution in [3.63, 3.8) is 0 Å². The second-order valence-corrected chi connectivity index (χ2v) is 8.65. The van der Waals surface area contributed by atoms with E-state index < -0.39 is 10.0 Å². The van der Waals surface area contributed by atoms with E-state index in [-0.39, 0.29) is 17.0 Å². The minimum atomic E-state index is -3.58. The topological polar surface area (TPSA) is 59.4 Å².